The summed E-state index contributed by atoms with van der Waals surface area (Å²) in [5.41, 5.74) is 3.13. The van der Waals surface area contributed by atoms with Gasteiger partial charge < -0.3 is 15.2 Å². The number of phenols is 1. The highest BCUT2D eigenvalue weighted by Gasteiger charge is 2.21. The van der Waals surface area contributed by atoms with Crippen molar-refractivity contribution >= 4 is 11.5 Å². The molecule has 1 aliphatic carbocycles. The Hall–Kier alpha value is -2.77. The van der Waals surface area contributed by atoms with Crippen LogP contribution in [0.3, 0.4) is 0 Å². The van der Waals surface area contributed by atoms with Crippen molar-refractivity contribution in [2.75, 3.05) is 19.5 Å². The standard InChI is InChI=1S/C22H27N3O4/c1-27-17-8-9-18(19(26)13-17)21-22(23-16-6-4-3-5-7-16)25-11-10-15(14-29-28-2)12-20(25)24-21/h8-13,16,23,26H,3-7,14H2,1-2H3. The Morgan fingerprint density at radius 3 is 2.69 bits per heavy atom. The van der Waals surface area contributed by atoms with Crippen LogP contribution in [0, 0.1) is 0 Å². The zero-order valence-electron chi connectivity index (χ0n) is 16.9. The second kappa shape index (κ2) is 8.71. The van der Waals surface area contributed by atoms with Crippen LogP contribution in [0.4, 0.5) is 5.82 Å². The van der Waals surface area contributed by atoms with E-state index in [0.717, 1.165) is 35.6 Å². The molecular formula is C22H27N3O4. The van der Waals surface area contributed by atoms with Gasteiger partial charge >= 0.3 is 0 Å². The molecule has 7 heteroatoms. The molecule has 1 fully saturated rings. The number of nitrogens with zero attached hydrogens (tertiary/aromatic N) is 2. The van der Waals surface area contributed by atoms with Crippen molar-refractivity contribution in [2.45, 2.75) is 44.8 Å². The van der Waals surface area contributed by atoms with Gasteiger partial charge in [-0.25, -0.2) is 14.8 Å². The Bertz CT molecular complexity index is 980. The van der Waals surface area contributed by atoms with E-state index in [1.807, 2.05) is 34.9 Å². The van der Waals surface area contributed by atoms with Gasteiger partial charge in [-0.1, -0.05) is 19.3 Å². The fourth-order valence-electron chi connectivity index (χ4n) is 3.91. The third-order valence-corrected chi connectivity index (χ3v) is 5.44. The molecule has 29 heavy (non-hydrogen) atoms. The molecule has 1 aromatic carbocycles. The summed E-state index contributed by atoms with van der Waals surface area (Å²) >= 11 is 0. The summed E-state index contributed by atoms with van der Waals surface area (Å²) in [6, 6.07) is 9.64. The van der Waals surface area contributed by atoms with Gasteiger partial charge in [0.2, 0.25) is 0 Å². The lowest BCUT2D eigenvalue weighted by Gasteiger charge is -2.24. The van der Waals surface area contributed by atoms with Gasteiger partial charge in [-0.05, 0) is 42.7 Å². The summed E-state index contributed by atoms with van der Waals surface area (Å²) in [6.45, 7) is 0.342. The number of aromatic hydroxyl groups is 1. The average Bonchev–Trinajstić information content (AvgIpc) is 3.10. The zero-order chi connectivity index (χ0) is 20.2. The minimum atomic E-state index is 0.141. The average molecular weight is 397 g/mol. The van der Waals surface area contributed by atoms with E-state index in [-0.39, 0.29) is 5.75 Å². The van der Waals surface area contributed by atoms with Gasteiger partial charge in [0.1, 0.15) is 35.3 Å². The number of pyridine rings is 1. The minimum Gasteiger partial charge on any atom is -0.507 e. The van der Waals surface area contributed by atoms with Crippen molar-refractivity contribution in [3.05, 3.63) is 42.1 Å². The molecular weight excluding hydrogens is 370 g/mol. The Labute approximate surface area is 170 Å². The molecule has 0 atom stereocenters. The maximum Gasteiger partial charge on any atom is 0.139 e. The molecule has 2 heterocycles. The van der Waals surface area contributed by atoms with Crippen LogP contribution in [0.25, 0.3) is 16.9 Å². The van der Waals surface area contributed by atoms with Gasteiger partial charge in [-0.3, -0.25) is 4.40 Å². The van der Waals surface area contributed by atoms with Crippen LogP contribution >= 0.6 is 0 Å². The number of rotatable bonds is 7. The summed E-state index contributed by atoms with van der Waals surface area (Å²) < 4.78 is 7.25. The van der Waals surface area contributed by atoms with Crippen molar-refractivity contribution in [3.8, 4) is 22.8 Å². The van der Waals surface area contributed by atoms with Gasteiger partial charge in [0, 0.05) is 23.9 Å². The largest absolute Gasteiger partial charge is 0.507 e. The molecule has 7 nitrogen and oxygen atoms in total. The quantitative estimate of drug-likeness (QED) is 0.450. The molecule has 0 radical (unpaired) electrons. The summed E-state index contributed by atoms with van der Waals surface area (Å²) in [6.07, 6.45) is 8.01. The van der Waals surface area contributed by atoms with Crippen LogP contribution in [0.2, 0.25) is 0 Å². The van der Waals surface area contributed by atoms with E-state index in [0.29, 0.717) is 24.0 Å². The van der Waals surface area contributed by atoms with Crippen LogP contribution in [0.5, 0.6) is 11.5 Å². The Morgan fingerprint density at radius 2 is 1.97 bits per heavy atom. The minimum absolute atomic E-state index is 0.141. The molecule has 0 bridgehead atoms. The van der Waals surface area contributed by atoms with Crippen molar-refractivity contribution in [2.24, 2.45) is 0 Å². The maximum absolute atomic E-state index is 10.6. The van der Waals surface area contributed by atoms with Gasteiger partial charge in [-0.15, -0.1) is 0 Å². The van der Waals surface area contributed by atoms with E-state index >= 15 is 0 Å². The molecule has 0 spiro atoms. The fraction of sp³-hybridized carbons (Fsp3) is 0.409. The molecule has 2 aromatic heterocycles. The Kier molecular flexibility index (Phi) is 5.87. The molecule has 3 aromatic rings. The predicted octanol–water partition coefficient (Wildman–Crippen LogP) is 4.54. The number of nitrogens with one attached hydrogen (secondary N) is 1. The first-order valence-corrected chi connectivity index (χ1v) is 10.00. The van der Waals surface area contributed by atoms with Crippen LogP contribution in [-0.2, 0) is 16.4 Å². The number of fused-ring (bicyclic) bond motifs is 1. The van der Waals surface area contributed by atoms with Crippen molar-refractivity contribution in [1.82, 2.24) is 9.38 Å². The van der Waals surface area contributed by atoms with Crippen LogP contribution in [0.15, 0.2) is 36.5 Å². The molecule has 1 saturated carbocycles. The first kappa shape index (κ1) is 19.5. The third-order valence-electron chi connectivity index (χ3n) is 5.44. The number of aromatic nitrogens is 2. The van der Waals surface area contributed by atoms with Gasteiger partial charge in [0.15, 0.2) is 0 Å². The van der Waals surface area contributed by atoms with E-state index in [1.165, 1.54) is 26.4 Å². The highest BCUT2D eigenvalue weighted by molar-refractivity contribution is 5.80. The van der Waals surface area contributed by atoms with Gasteiger partial charge in [0.25, 0.3) is 0 Å². The lowest BCUT2D eigenvalue weighted by Crippen LogP contribution is -2.23. The van der Waals surface area contributed by atoms with Crippen LogP contribution in [0.1, 0.15) is 37.7 Å². The van der Waals surface area contributed by atoms with Crippen molar-refractivity contribution in [1.29, 1.82) is 0 Å². The number of hydrogen-bond donors (Lipinski definition) is 2. The number of imidazole rings is 1. The molecule has 0 saturated heterocycles. The highest BCUT2D eigenvalue weighted by atomic mass is 17.2. The monoisotopic (exact) mass is 397 g/mol. The summed E-state index contributed by atoms with van der Waals surface area (Å²) in [5, 5.41) is 14.3. The third kappa shape index (κ3) is 4.16. The topological polar surface area (TPSA) is 77.2 Å². The Morgan fingerprint density at radius 1 is 1.14 bits per heavy atom. The van der Waals surface area contributed by atoms with E-state index in [1.54, 1.807) is 13.2 Å². The van der Waals surface area contributed by atoms with Gasteiger partial charge in [-0.2, -0.15) is 0 Å². The number of benzene rings is 1. The molecule has 0 amide bonds. The van der Waals surface area contributed by atoms with Crippen molar-refractivity contribution < 1.29 is 19.6 Å². The summed E-state index contributed by atoms with van der Waals surface area (Å²) in [4.78, 5) is 14.6. The van der Waals surface area contributed by atoms with Crippen molar-refractivity contribution in [3.63, 3.8) is 0 Å². The molecule has 0 aliphatic heterocycles. The zero-order valence-corrected chi connectivity index (χ0v) is 16.9. The summed E-state index contributed by atoms with van der Waals surface area (Å²) in [7, 11) is 3.07. The number of hydrogen-bond acceptors (Lipinski definition) is 6. The van der Waals surface area contributed by atoms with E-state index in [4.69, 9.17) is 19.5 Å². The van der Waals surface area contributed by atoms with Gasteiger partial charge in [0.05, 0.1) is 14.2 Å². The lowest BCUT2D eigenvalue weighted by atomic mass is 9.95. The van der Waals surface area contributed by atoms with E-state index < -0.39 is 0 Å². The number of ether oxygens (including phenoxy) is 1. The highest BCUT2D eigenvalue weighted by Crippen LogP contribution is 2.38. The molecule has 2 N–H and O–H groups in total. The molecule has 4 rings (SSSR count). The molecule has 1 aliphatic rings. The lowest BCUT2D eigenvalue weighted by molar-refractivity contribution is -0.282. The first-order valence-electron chi connectivity index (χ1n) is 10.00. The second-order valence-corrected chi connectivity index (χ2v) is 7.36. The van der Waals surface area contributed by atoms with Crippen LogP contribution < -0.4 is 10.1 Å². The SMILES string of the molecule is COOCc1ccn2c(NC3CCCCC3)c(-c3ccc(OC)cc3O)nc2c1. The summed E-state index contributed by atoms with van der Waals surface area (Å²) in [5.74, 6) is 1.64. The maximum atomic E-state index is 10.6. The number of anilines is 1. The molecule has 154 valence electrons. The fourth-order valence-corrected chi connectivity index (χ4v) is 3.91. The number of methoxy groups -OCH3 is 1. The van der Waals surface area contributed by atoms with Crippen LogP contribution in [-0.4, -0.2) is 34.8 Å². The second-order valence-electron chi connectivity index (χ2n) is 7.36. The first-order chi connectivity index (χ1) is 14.2. The molecule has 0 unspecified atom stereocenters. The number of phenolic OH excluding ortho intramolecular Hbond substituents is 1. The van der Waals surface area contributed by atoms with E-state index in [2.05, 4.69) is 5.32 Å². The smallest absolute Gasteiger partial charge is 0.139 e. The van der Waals surface area contributed by atoms with E-state index in [9.17, 15) is 5.11 Å². The predicted molar refractivity (Wildman–Crippen MR) is 111 cm³/mol. The Balaban J connectivity index is 1.78. The normalized spacial score (nSPS) is 15.0.